The molecule has 0 radical (unpaired) electrons. The van der Waals surface area contributed by atoms with Crippen molar-refractivity contribution >= 4 is 27.3 Å². The van der Waals surface area contributed by atoms with Gasteiger partial charge in [0.05, 0.1) is 6.04 Å². The summed E-state index contributed by atoms with van der Waals surface area (Å²) >= 11 is 0. The minimum atomic E-state index is -3.60. The average molecular weight is 383 g/mol. The number of rotatable bonds is 2. The number of anilines is 1. The summed E-state index contributed by atoms with van der Waals surface area (Å²) in [7, 11) is -1.71. The second kappa shape index (κ2) is 5.49. The van der Waals surface area contributed by atoms with Crippen molar-refractivity contribution in [3.05, 3.63) is 47.8 Å². The Morgan fingerprint density at radius 1 is 1.11 bits per heavy atom. The van der Waals surface area contributed by atoms with Gasteiger partial charge in [-0.25, -0.2) is 0 Å². The molecule has 0 N–H and O–H groups in total. The van der Waals surface area contributed by atoms with E-state index in [2.05, 4.69) is 24.6 Å². The molecule has 0 atom stereocenters. The smallest absolute Gasteiger partial charge is 0.285 e. The molecule has 2 aromatic heterocycles. The molecule has 27 heavy (non-hydrogen) atoms. The van der Waals surface area contributed by atoms with E-state index in [-0.39, 0.29) is 10.9 Å². The number of amidine groups is 1. The van der Waals surface area contributed by atoms with Crippen LogP contribution in [0.3, 0.4) is 0 Å². The number of fused-ring (bicyclic) bond motifs is 2. The van der Waals surface area contributed by atoms with Crippen LogP contribution in [-0.2, 0) is 10.0 Å². The van der Waals surface area contributed by atoms with Gasteiger partial charge in [0.15, 0.2) is 17.3 Å². The van der Waals surface area contributed by atoms with Crippen LogP contribution in [0.1, 0.15) is 11.4 Å². The minimum Gasteiger partial charge on any atom is -0.352 e. The predicted octanol–water partition coefficient (Wildman–Crippen LogP) is 0.702. The zero-order valence-electron chi connectivity index (χ0n) is 14.8. The molecule has 1 fully saturated rings. The van der Waals surface area contributed by atoms with E-state index >= 15 is 0 Å². The Balaban J connectivity index is 1.37. The fourth-order valence-electron chi connectivity index (χ4n) is 3.46. The van der Waals surface area contributed by atoms with Crippen LogP contribution in [0, 0.1) is 6.92 Å². The molecule has 2 aliphatic rings. The summed E-state index contributed by atoms with van der Waals surface area (Å²) in [6.07, 6.45) is 0. The molecule has 9 nitrogen and oxygen atoms in total. The summed E-state index contributed by atoms with van der Waals surface area (Å²) in [5.74, 6) is 2.09. The minimum absolute atomic E-state index is 0.157. The first kappa shape index (κ1) is 16.2. The lowest BCUT2D eigenvalue weighted by molar-refractivity contribution is 0.303. The highest BCUT2D eigenvalue weighted by Crippen LogP contribution is 2.30. The average Bonchev–Trinajstić information content (AvgIpc) is 3.12. The molecule has 138 valence electrons. The number of nitrogens with zero attached hydrogens (tertiary/aromatic N) is 7. The van der Waals surface area contributed by atoms with Crippen molar-refractivity contribution in [2.75, 3.05) is 25.0 Å². The van der Waals surface area contributed by atoms with E-state index in [9.17, 15) is 8.42 Å². The van der Waals surface area contributed by atoms with E-state index in [1.807, 2.05) is 37.1 Å². The number of aromatic nitrogens is 4. The molecule has 1 saturated heterocycles. The number of benzene rings is 1. The van der Waals surface area contributed by atoms with Crippen molar-refractivity contribution in [2.24, 2.45) is 4.40 Å². The van der Waals surface area contributed by atoms with Crippen molar-refractivity contribution in [3.63, 3.8) is 0 Å². The summed E-state index contributed by atoms with van der Waals surface area (Å²) in [6, 6.07) is 10.9. The molecule has 0 aliphatic carbocycles. The number of sulfonamides is 1. The largest absolute Gasteiger partial charge is 0.352 e. The van der Waals surface area contributed by atoms with Crippen LogP contribution < -0.4 is 4.90 Å². The van der Waals surface area contributed by atoms with Gasteiger partial charge in [-0.15, -0.1) is 19.7 Å². The van der Waals surface area contributed by atoms with Crippen molar-refractivity contribution in [1.82, 2.24) is 24.7 Å². The summed E-state index contributed by atoms with van der Waals surface area (Å²) in [5, 5.41) is 12.6. The second-order valence-electron chi connectivity index (χ2n) is 6.76. The third-order valence-corrected chi connectivity index (χ3v) is 6.41. The number of hydrogen-bond acceptors (Lipinski definition) is 7. The normalized spacial score (nSPS) is 18.3. The second-order valence-corrected chi connectivity index (χ2v) is 8.34. The van der Waals surface area contributed by atoms with Gasteiger partial charge in [0, 0.05) is 25.7 Å². The molecule has 3 aromatic rings. The van der Waals surface area contributed by atoms with E-state index in [4.69, 9.17) is 0 Å². The molecule has 0 saturated carbocycles. The van der Waals surface area contributed by atoms with Crippen LogP contribution in [0.25, 0.3) is 5.65 Å². The maximum atomic E-state index is 12.3. The highest BCUT2D eigenvalue weighted by Gasteiger charge is 2.37. The zero-order chi connectivity index (χ0) is 18.8. The summed E-state index contributed by atoms with van der Waals surface area (Å²) in [5.41, 5.74) is 1.38. The number of aryl methyl sites for hydroxylation is 1. The van der Waals surface area contributed by atoms with Crippen molar-refractivity contribution < 1.29 is 8.42 Å². The van der Waals surface area contributed by atoms with Gasteiger partial charge in [-0.05, 0) is 31.2 Å². The van der Waals surface area contributed by atoms with Gasteiger partial charge in [-0.3, -0.25) is 0 Å². The van der Waals surface area contributed by atoms with Crippen LogP contribution in [0.2, 0.25) is 0 Å². The highest BCUT2D eigenvalue weighted by molar-refractivity contribution is 7.90. The zero-order valence-corrected chi connectivity index (χ0v) is 15.6. The third-order valence-electron chi connectivity index (χ3n) is 5.09. The Labute approximate surface area is 156 Å². The highest BCUT2D eigenvalue weighted by atomic mass is 32.2. The van der Waals surface area contributed by atoms with Crippen molar-refractivity contribution in [3.8, 4) is 0 Å². The SMILES string of the molecule is Cc1nnc2ccc(N3CC(N(C)C4=NS(=O)(=O)c5ccccc54)C3)nn12. The molecule has 0 spiro atoms. The third kappa shape index (κ3) is 2.40. The van der Waals surface area contributed by atoms with Gasteiger partial charge in [-0.2, -0.15) is 12.9 Å². The molecule has 4 heterocycles. The Hall–Kier alpha value is -3.01. The summed E-state index contributed by atoms with van der Waals surface area (Å²) in [4.78, 5) is 4.36. The molecule has 10 heteroatoms. The van der Waals surface area contributed by atoms with Crippen LogP contribution in [0.15, 0.2) is 45.7 Å². The Kier molecular flexibility index (Phi) is 3.29. The lowest BCUT2D eigenvalue weighted by Gasteiger charge is -2.45. The van der Waals surface area contributed by atoms with Crippen molar-refractivity contribution in [2.45, 2.75) is 17.9 Å². The fraction of sp³-hybridized carbons (Fsp3) is 0.294. The van der Waals surface area contributed by atoms with Gasteiger partial charge in [0.25, 0.3) is 10.0 Å². The van der Waals surface area contributed by atoms with Gasteiger partial charge in [0.2, 0.25) is 0 Å². The molecule has 1 aromatic carbocycles. The first-order valence-corrected chi connectivity index (χ1v) is 9.99. The standard InChI is InChI=1S/C17H17N7O2S/c1-11-18-19-15-7-8-16(20-24(11)15)23-9-12(10-23)22(2)17-13-5-3-4-6-14(13)27(25,26)21-17/h3-8,12H,9-10H2,1-2H3. The molecule has 0 unspecified atom stereocenters. The monoisotopic (exact) mass is 383 g/mol. The maximum Gasteiger partial charge on any atom is 0.285 e. The molecular formula is C17H17N7O2S. The van der Waals surface area contributed by atoms with Gasteiger partial charge >= 0.3 is 0 Å². The summed E-state index contributed by atoms with van der Waals surface area (Å²) in [6.45, 7) is 3.33. The lowest BCUT2D eigenvalue weighted by Crippen LogP contribution is -2.60. The molecule has 0 amide bonds. The molecular weight excluding hydrogens is 366 g/mol. The van der Waals surface area contributed by atoms with Crippen LogP contribution in [0.4, 0.5) is 5.82 Å². The Bertz CT molecular complexity index is 1190. The lowest BCUT2D eigenvalue weighted by atomic mass is 10.1. The predicted molar refractivity (Wildman–Crippen MR) is 99.4 cm³/mol. The van der Waals surface area contributed by atoms with E-state index < -0.39 is 10.0 Å². The van der Waals surface area contributed by atoms with Crippen molar-refractivity contribution in [1.29, 1.82) is 0 Å². The first-order valence-electron chi connectivity index (χ1n) is 8.55. The van der Waals surface area contributed by atoms with E-state index in [1.54, 1.807) is 22.7 Å². The molecule has 2 aliphatic heterocycles. The Morgan fingerprint density at radius 2 is 1.89 bits per heavy atom. The maximum absolute atomic E-state index is 12.3. The number of likely N-dealkylation sites (N-methyl/N-ethyl adjacent to an activating group) is 1. The summed E-state index contributed by atoms with van der Waals surface area (Å²) < 4.78 is 30.2. The number of hydrogen-bond donors (Lipinski definition) is 0. The fourth-order valence-corrected chi connectivity index (χ4v) is 4.70. The van der Waals surface area contributed by atoms with E-state index in [0.717, 1.165) is 24.7 Å². The first-order chi connectivity index (χ1) is 12.9. The Morgan fingerprint density at radius 3 is 2.70 bits per heavy atom. The van der Waals surface area contributed by atoms with Gasteiger partial charge in [0.1, 0.15) is 10.7 Å². The van der Waals surface area contributed by atoms with Crippen LogP contribution >= 0.6 is 0 Å². The molecule has 0 bridgehead atoms. The van der Waals surface area contributed by atoms with E-state index in [0.29, 0.717) is 17.0 Å². The topological polar surface area (TPSA) is 96.1 Å². The van der Waals surface area contributed by atoms with Crippen LogP contribution in [0.5, 0.6) is 0 Å². The van der Waals surface area contributed by atoms with E-state index in [1.165, 1.54) is 0 Å². The molecule has 5 rings (SSSR count). The van der Waals surface area contributed by atoms with Crippen LogP contribution in [-0.4, -0.2) is 65.1 Å². The van der Waals surface area contributed by atoms with Gasteiger partial charge < -0.3 is 9.80 Å². The van der Waals surface area contributed by atoms with Gasteiger partial charge in [-0.1, -0.05) is 12.1 Å². The quantitative estimate of drug-likeness (QED) is 0.643.